The average Bonchev–Trinajstić information content (AvgIpc) is 2.77. The number of rotatable bonds is 7. The van der Waals surface area contributed by atoms with Gasteiger partial charge in [-0.2, -0.15) is 13.2 Å². The number of ether oxygens (including phenoxy) is 2. The Balaban J connectivity index is 1.43. The topological polar surface area (TPSA) is 105 Å². The van der Waals surface area contributed by atoms with Gasteiger partial charge in [-0.1, -0.05) is 12.1 Å². The highest BCUT2D eigenvalue weighted by molar-refractivity contribution is 5.90. The van der Waals surface area contributed by atoms with E-state index in [0.717, 1.165) is 5.56 Å². The van der Waals surface area contributed by atoms with Gasteiger partial charge in [-0.05, 0) is 73.2 Å². The predicted molar refractivity (Wildman–Crippen MR) is 123 cm³/mol. The Morgan fingerprint density at radius 2 is 1.59 bits per heavy atom. The van der Waals surface area contributed by atoms with Gasteiger partial charge in [-0.15, -0.1) is 0 Å². The fourth-order valence-electron chi connectivity index (χ4n) is 3.83. The Morgan fingerprint density at radius 3 is 2.18 bits per heavy atom. The molecular formula is C25H27F3N2O4. The number of benzene rings is 2. The predicted octanol–water partition coefficient (Wildman–Crippen LogP) is 4.93. The lowest BCUT2D eigenvalue weighted by Gasteiger charge is -2.29. The summed E-state index contributed by atoms with van der Waals surface area (Å²) in [7, 11) is 0. The van der Waals surface area contributed by atoms with Crippen molar-refractivity contribution >= 4 is 29.4 Å². The van der Waals surface area contributed by atoms with E-state index >= 15 is 0 Å². The number of nitrogen functional groups attached to an aromatic ring is 2. The Morgan fingerprint density at radius 1 is 0.971 bits per heavy atom. The molecule has 0 aliphatic heterocycles. The van der Waals surface area contributed by atoms with Crippen LogP contribution in [0.5, 0.6) is 0 Å². The lowest BCUT2D eigenvalue weighted by Crippen LogP contribution is -2.31. The van der Waals surface area contributed by atoms with Crippen LogP contribution in [-0.4, -0.2) is 30.8 Å². The second kappa shape index (κ2) is 11.1. The SMILES string of the molecule is Nc1cc(N)cc(CCOC(=O)/C=C/c2ccc(C(=O)OC3CCC(C(F)(F)F)CC3)cc2)c1. The molecule has 2 aromatic rings. The molecular weight excluding hydrogens is 449 g/mol. The van der Waals surface area contributed by atoms with Crippen LogP contribution in [0.1, 0.15) is 47.2 Å². The molecule has 182 valence electrons. The van der Waals surface area contributed by atoms with Crippen LogP contribution >= 0.6 is 0 Å². The molecule has 0 aromatic heterocycles. The molecule has 3 rings (SSSR count). The fourth-order valence-corrected chi connectivity index (χ4v) is 3.83. The summed E-state index contributed by atoms with van der Waals surface area (Å²) < 4.78 is 48.8. The third kappa shape index (κ3) is 7.54. The van der Waals surface area contributed by atoms with Gasteiger partial charge in [0, 0.05) is 23.9 Å². The van der Waals surface area contributed by atoms with Crippen molar-refractivity contribution in [2.45, 2.75) is 44.4 Å². The molecule has 0 amide bonds. The normalized spacial score (nSPS) is 18.6. The van der Waals surface area contributed by atoms with Gasteiger partial charge in [-0.3, -0.25) is 0 Å². The maximum atomic E-state index is 12.8. The third-order valence-electron chi connectivity index (χ3n) is 5.64. The molecule has 9 heteroatoms. The number of carbonyl (C=O) groups excluding carboxylic acids is 2. The number of hydrogen-bond acceptors (Lipinski definition) is 6. The van der Waals surface area contributed by atoms with Gasteiger partial charge in [0.25, 0.3) is 0 Å². The molecule has 4 N–H and O–H groups in total. The van der Waals surface area contributed by atoms with Crippen molar-refractivity contribution in [1.82, 2.24) is 0 Å². The molecule has 2 aromatic carbocycles. The number of esters is 2. The van der Waals surface area contributed by atoms with E-state index in [1.807, 2.05) is 0 Å². The second-order valence-corrected chi connectivity index (χ2v) is 8.30. The Kier molecular flexibility index (Phi) is 8.20. The van der Waals surface area contributed by atoms with Crippen molar-refractivity contribution < 1.29 is 32.2 Å². The number of alkyl halides is 3. The van der Waals surface area contributed by atoms with Crippen LogP contribution in [0.15, 0.2) is 48.5 Å². The molecule has 1 aliphatic carbocycles. The summed E-state index contributed by atoms with van der Waals surface area (Å²) in [5, 5.41) is 0. The van der Waals surface area contributed by atoms with Gasteiger partial charge in [0.05, 0.1) is 18.1 Å². The Bertz CT molecular complexity index is 1010. The number of halogens is 3. The van der Waals surface area contributed by atoms with Crippen molar-refractivity contribution in [3.8, 4) is 0 Å². The summed E-state index contributed by atoms with van der Waals surface area (Å²) in [6.45, 7) is 0.168. The summed E-state index contributed by atoms with van der Waals surface area (Å²) in [5.41, 5.74) is 14.4. The van der Waals surface area contributed by atoms with E-state index in [9.17, 15) is 22.8 Å². The van der Waals surface area contributed by atoms with Gasteiger partial charge in [-0.25, -0.2) is 9.59 Å². The number of hydrogen-bond donors (Lipinski definition) is 2. The fraction of sp³-hybridized carbons (Fsp3) is 0.360. The average molecular weight is 476 g/mol. The minimum absolute atomic E-state index is 0.0330. The van der Waals surface area contributed by atoms with E-state index in [0.29, 0.717) is 28.9 Å². The van der Waals surface area contributed by atoms with Gasteiger partial charge < -0.3 is 20.9 Å². The maximum Gasteiger partial charge on any atom is 0.391 e. The largest absolute Gasteiger partial charge is 0.462 e. The van der Waals surface area contributed by atoms with Crippen LogP contribution in [0.25, 0.3) is 6.08 Å². The summed E-state index contributed by atoms with van der Waals surface area (Å²) >= 11 is 0. The van der Waals surface area contributed by atoms with E-state index in [1.54, 1.807) is 48.5 Å². The van der Waals surface area contributed by atoms with Gasteiger partial charge >= 0.3 is 18.1 Å². The Labute approximate surface area is 195 Å². The van der Waals surface area contributed by atoms with E-state index < -0.39 is 30.1 Å². The highest BCUT2D eigenvalue weighted by Crippen LogP contribution is 2.38. The van der Waals surface area contributed by atoms with Crippen molar-refractivity contribution in [2.24, 2.45) is 5.92 Å². The van der Waals surface area contributed by atoms with E-state index in [2.05, 4.69) is 0 Å². The maximum absolute atomic E-state index is 12.8. The molecule has 1 aliphatic rings. The Hall–Kier alpha value is -3.49. The number of anilines is 2. The first-order valence-electron chi connectivity index (χ1n) is 11.0. The summed E-state index contributed by atoms with van der Waals surface area (Å²) in [5.74, 6) is -2.42. The van der Waals surface area contributed by atoms with Gasteiger partial charge in [0.15, 0.2) is 0 Å². The number of carbonyl (C=O) groups is 2. The minimum Gasteiger partial charge on any atom is -0.462 e. The zero-order valence-electron chi connectivity index (χ0n) is 18.5. The first kappa shape index (κ1) is 25.1. The molecule has 0 bridgehead atoms. The molecule has 0 heterocycles. The van der Waals surface area contributed by atoms with Crippen LogP contribution in [0, 0.1) is 5.92 Å². The monoisotopic (exact) mass is 476 g/mol. The molecule has 1 saturated carbocycles. The lowest BCUT2D eigenvalue weighted by atomic mass is 9.87. The van der Waals surface area contributed by atoms with Crippen molar-refractivity contribution in [1.29, 1.82) is 0 Å². The molecule has 0 saturated heterocycles. The molecule has 0 unspecified atom stereocenters. The minimum atomic E-state index is -4.20. The lowest BCUT2D eigenvalue weighted by molar-refractivity contribution is -0.185. The van der Waals surface area contributed by atoms with Crippen molar-refractivity contribution in [3.05, 3.63) is 65.2 Å². The standard InChI is InChI=1S/C25H27F3N2O4/c26-25(27,28)19-6-8-22(9-7-19)34-24(32)18-4-1-16(2-5-18)3-10-23(31)33-12-11-17-13-20(29)15-21(30)14-17/h1-5,10,13-15,19,22H,6-9,11-12,29-30H2/b10-3+. The molecule has 0 atom stereocenters. The zero-order chi connectivity index (χ0) is 24.7. The highest BCUT2D eigenvalue weighted by atomic mass is 19.4. The second-order valence-electron chi connectivity index (χ2n) is 8.30. The molecule has 1 fully saturated rings. The molecule has 34 heavy (non-hydrogen) atoms. The molecule has 0 spiro atoms. The quantitative estimate of drug-likeness (QED) is 0.334. The summed E-state index contributed by atoms with van der Waals surface area (Å²) in [4.78, 5) is 24.2. The first-order valence-corrected chi connectivity index (χ1v) is 11.0. The smallest absolute Gasteiger partial charge is 0.391 e. The molecule has 0 radical (unpaired) electrons. The molecule has 6 nitrogen and oxygen atoms in total. The third-order valence-corrected chi connectivity index (χ3v) is 5.64. The van der Waals surface area contributed by atoms with Crippen molar-refractivity contribution in [2.75, 3.05) is 18.1 Å². The van der Waals surface area contributed by atoms with Gasteiger partial charge in [0.1, 0.15) is 6.10 Å². The van der Waals surface area contributed by atoms with Crippen LogP contribution < -0.4 is 11.5 Å². The van der Waals surface area contributed by atoms with Crippen LogP contribution in [0.2, 0.25) is 0 Å². The summed E-state index contributed by atoms with van der Waals surface area (Å²) in [6, 6.07) is 11.5. The van der Waals surface area contributed by atoms with E-state index in [-0.39, 0.29) is 32.3 Å². The number of nitrogens with two attached hydrogens (primary N) is 2. The highest BCUT2D eigenvalue weighted by Gasteiger charge is 2.42. The van der Waals surface area contributed by atoms with Crippen LogP contribution in [0.4, 0.5) is 24.5 Å². The zero-order valence-corrected chi connectivity index (χ0v) is 18.5. The summed E-state index contributed by atoms with van der Waals surface area (Å²) in [6.07, 6.45) is -1.07. The first-order chi connectivity index (χ1) is 16.1. The van der Waals surface area contributed by atoms with Crippen molar-refractivity contribution in [3.63, 3.8) is 0 Å². The van der Waals surface area contributed by atoms with E-state index in [1.165, 1.54) is 6.08 Å². The van der Waals surface area contributed by atoms with Crippen LogP contribution in [0.3, 0.4) is 0 Å². The van der Waals surface area contributed by atoms with Gasteiger partial charge in [0.2, 0.25) is 0 Å². The van der Waals surface area contributed by atoms with Crippen LogP contribution in [-0.2, 0) is 20.7 Å². The van der Waals surface area contributed by atoms with E-state index in [4.69, 9.17) is 20.9 Å².